The molecule has 4 heteroatoms. The Morgan fingerprint density at radius 1 is 1.50 bits per heavy atom. The Kier molecular flexibility index (Phi) is 4.40. The number of nitrogens with one attached hydrogen (secondary N) is 1. The third-order valence-electron chi connectivity index (χ3n) is 4.35. The molecule has 3 atom stereocenters. The lowest BCUT2D eigenvalue weighted by molar-refractivity contribution is 0.147. The number of hydrogen-bond acceptors (Lipinski definition) is 3. The molecule has 1 saturated carbocycles. The Labute approximate surface area is 109 Å². The van der Waals surface area contributed by atoms with Crippen molar-refractivity contribution in [3.05, 3.63) is 17.5 Å². The van der Waals surface area contributed by atoms with Crippen LogP contribution in [0.25, 0.3) is 0 Å². The molecule has 2 rings (SSSR count). The van der Waals surface area contributed by atoms with Crippen molar-refractivity contribution in [3.63, 3.8) is 0 Å². The van der Waals surface area contributed by atoms with Crippen LogP contribution in [0, 0.1) is 12.8 Å². The Bertz CT molecular complexity index is 388. The van der Waals surface area contributed by atoms with Crippen LogP contribution in [0.5, 0.6) is 0 Å². The molecule has 1 aliphatic rings. The first kappa shape index (κ1) is 13.6. The average Bonchev–Trinajstić information content (AvgIpc) is 2.71. The fourth-order valence-corrected chi connectivity index (χ4v) is 3.00. The first-order chi connectivity index (χ1) is 8.63. The fourth-order valence-electron chi connectivity index (χ4n) is 3.00. The maximum Gasteiger partial charge on any atom is 0.0540 e. The van der Waals surface area contributed by atoms with Gasteiger partial charge >= 0.3 is 0 Å². The van der Waals surface area contributed by atoms with Crippen molar-refractivity contribution in [2.75, 3.05) is 6.61 Å². The summed E-state index contributed by atoms with van der Waals surface area (Å²) < 4.78 is 1.91. The van der Waals surface area contributed by atoms with E-state index in [1.54, 1.807) is 0 Å². The summed E-state index contributed by atoms with van der Waals surface area (Å²) in [5.74, 6) is 0.415. The van der Waals surface area contributed by atoms with Gasteiger partial charge in [0.1, 0.15) is 0 Å². The number of nitrogens with zero attached hydrogens (tertiary/aromatic N) is 2. The Hall–Kier alpha value is -0.870. The molecule has 102 valence electrons. The van der Waals surface area contributed by atoms with Crippen molar-refractivity contribution in [1.29, 1.82) is 0 Å². The zero-order chi connectivity index (χ0) is 13.1. The van der Waals surface area contributed by atoms with E-state index in [1.807, 2.05) is 17.9 Å². The number of hydrogen-bond donors (Lipinski definition) is 2. The zero-order valence-corrected chi connectivity index (χ0v) is 11.7. The molecule has 3 unspecified atom stereocenters. The van der Waals surface area contributed by atoms with Crippen LogP contribution >= 0.6 is 0 Å². The summed E-state index contributed by atoms with van der Waals surface area (Å²) in [7, 11) is 1.97. The van der Waals surface area contributed by atoms with E-state index in [-0.39, 0.29) is 0 Å². The van der Waals surface area contributed by atoms with Gasteiger partial charge in [0.05, 0.1) is 6.20 Å². The predicted octanol–water partition coefficient (Wildman–Crippen LogP) is 1.93. The lowest BCUT2D eigenvalue weighted by atomic mass is 9.84. The van der Waals surface area contributed by atoms with E-state index < -0.39 is 0 Å². The van der Waals surface area contributed by atoms with Crippen molar-refractivity contribution in [3.8, 4) is 0 Å². The number of aryl methyl sites for hydroxylation is 1. The lowest BCUT2D eigenvalue weighted by Gasteiger charge is -2.33. The number of aromatic nitrogens is 2. The third kappa shape index (κ3) is 2.75. The summed E-state index contributed by atoms with van der Waals surface area (Å²) in [5, 5.41) is 17.4. The van der Waals surface area contributed by atoms with Gasteiger partial charge in [0.25, 0.3) is 0 Å². The molecule has 2 N–H and O–H groups in total. The highest BCUT2D eigenvalue weighted by molar-refractivity contribution is 5.20. The molecule has 0 saturated heterocycles. The minimum absolute atomic E-state index is 0.302. The van der Waals surface area contributed by atoms with Crippen LogP contribution in [0.15, 0.2) is 6.20 Å². The van der Waals surface area contributed by atoms with E-state index in [1.165, 1.54) is 30.5 Å². The molecule has 1 aromatic heterocycles. The van der Waals surface area contributed by atoms with Crippen molar-refractivity contribution in [2.45, 2.75) is 51.6 Å². The molecule has 1 fully saturated rings. The van der Waals surface area contributed by atoms with Crippen molar-refractivity contribution < 1.29 is 5.11 Å². The molecule has 0 aromatic carbocycles. The first-order valence-corrected chi connectivity index (χ1v) is 6.99. The van der Waals surface area contributed by atoms with Crippen molar-refractivity contribution in [2.24, 2.45) is 13.0 Å². The molecule has 0 bridgehead atoms. The van der Waals surface area contributed by atoms with Crippen LogP contribution in [-0.4, -0.2) is 27.5 Å². The van der Waals surface area contributed by atoms with E-state index in [0.29, 0.717) is 24.6 Å². The predicted molar refractivity (Wildman–Crippen MR) is 72.3 cm³/mol. The Balaban J connectivity index is 2.01. The van der Waals surface area contributed by atoms with E-state index in [4.69, 9.17) is 0 Å². The van der Waals surface area contributed by atoms with E-state index in [0.717, 1.165) is 6.42 Å². The second kappa shape index (κ2) is 5.85. The number of rotatable bonds is 4. The van der Waals surface area contributed by atoms with Crippen molar-refractivity contribution >= 4 is 0 Å². The quantitative estimate of drug-likeness (QED) is 0.859. The Morgan fingerprint density at radius 2 is 2.22 bits per heavy atom. The summed E-state index contributed by atoms with van der Waals surface area (Å²) in [6, 6.07) is 0.745. The highest BCUT2D eigenvalue weighted by Gasteiger charge is 2.26. The third-order valence-corrected chi connectivity index (χ3v) is 4.35. The largest absolute Gasteiger partial charge is 0.396 e. The van der Waals surface area contributed by atoms with Gasteiger partial charge in [0.2, 0.25) is 0 Å². The lowest BCUT2D eigenvalue weighted by Crippen LogP contribution is -2.41. The molecule has 1 aromatic rings. The van der Waals surface area contributed by atoms with Crippen LogP contribution < -0.4 is 5.32 Å². The molecule has 1 aliphatic carbocycles. The minimum Gasteiger partial charge on any atom is -0.396 e. The van der Waals surface area contributed by atoms with Crippen molar-refractivity contribution in [1.82, 2.24) is 15.1 Å². The Morgan fingerprint density at radius 3 is 2.83 bits per heavy atom. The summed E-state index contributed by atoms with van der Waals surface area (Å²) >= 11 is 0. The maximum atomic E-state index is 9.45. The number of aliphatic hydroxyl groups is 1. The topological polar surface area (TPSA) is 50.1 Å². The van der Waals surface area contributed by atoms with Gasteiger partial charge in [-0.25, -0.2) is 0 Å². The molecule has 0 spiro atoms. The smallest absolute Gasteiger partial charge is 0.0540 e. The maximum absolute atomic E-state index is 9.45. The van der Waals surface area contributed by atoms with E-state index in [9.17, 15) is 5.11 Å². The standard InChI is InChI=1S/C14H25N3O/c1-10(13-8-15-17(3)11(13)2)16-14-7-5-4-6-12(14)9-18/h8,10,12,14,16,18H,4-7,9H2,1-3H3. The van der Waals surface area contributed by atoms with Crippen LogP contribution in [0.2, 0.25) is 0 Å². The van der Waals surface area contributed by atoms with Gasteiger partial charge < -0.3 is 10.4 Å². The fraction of sp³-hybridized carbons (Fsp3) is 0.786. The molecular formula is C14H25N3O. The van der Waals surface area contributed by atoms with Crippen LogP contribution in [0.4, 0.5) is 0 Å². The van der Waals surface area contributed by atoms with Crippen LogP contribution in [0.1, 0.15) is 49.9 Å². The summed E-state index contributed by atoms with van der Waals surface area (Å²) in [5.41, 5.74) is 2.48. The zero-order valence-electron chi connectivity index (χ0n) is 11.7. The summed E-state index contributed by atoms with van der Waals surface area (Å²) in [6.45, 7) is 4.59. The van der Waals surface area contributed by atoms with Gasteiger partial charge in [-0.15, -0.1) is 0 Å². The van der Waals surface area contributed by atoms with Crippen LogP contribution in [-0.2, 0) is 7.05 Å². The molecule has 0 radical (unpaired) electrons. The molecule has 18 heavy (non-hydrogen) atoms. The summed E-state index contributed by atoms with van der Waals surface area (Å²) in [4.78, 5) is 0. The molecule has 4 nitrogen and oxygen atoms in total. The molecular weight excluding hydrogens is 226 g/mol. The first-order valence-electron chi connectivity index (χ1n) is 6.99. The van der Waals surface area contributed by atoms with Gasteiger partial charge in [0, 0.05) is 37.0 Å². The molecule has 0 amide bonds. The second-order valence-electron chi connectivity index (χ2n) is 5.53. The van der Waals surface area contributed by atoms with E-state index in [2.05, 4.69) is 24.3 Å². The van der Waals surface area contributed by atoms with E-state index >= 15 is 0 Å². The summed E-state index contributed by atoms with van der Waals surface area (Å²) in [6.07, 6.45) is 6.79. The molecule has 0 aliphatic heterocycles. The average molecular weight is 251 g/mol. The normalized spacial score (nSPS) is 26.2. The number of aliphatic hydroxyl groups excluding tert-OH is 1. The van der Waals surface area contributed by atoms with Gasteiger partial charge in [-0.1, -0.05) is 12.8 Å². The van der Waals surface area contributed by atoms with Gasteiger partial charge in [-0.05, 0) is 32.6 Å². The second-order valence-corrected chi connectivity index (χ2v) is 5.53. The molecule has 1 heterocycles. The van der Waals surface area contributed by atoms with Gasteiger partial charge in [-0.2, -0.15) is 5.10 Å². The SMILES string of the molecule is Cc1c(C(C)NC2CCCCC2CO)cnn1C. The van der Waals surface area contributed by atoms with Crippen LogP contribution in [0.3, 0.4) is 0 Å². The highest BCUT2D eigenvalue weighted by Crippen LogP contribution is 2.27. The highest BCUT2D eigenvalue weighted by atomic mass is 16.3. The monoisotopic (exact) mass is 251 g/mol. The van der Waals surface area contributed by atoms with Gasteiger partial charge in [-0.3, -0.25) is 4.68 Å². The minimum atomic E-state index is 0.302. The van der Waals surface area contributed by atoms with Gasteiger partial charge in [0.15, 0.2) is 0 Å².